The number of amides is 1. The molecule has 0 spiro atoms. The standard InChI is InChI=1S/C12H23N3O2/c16-10-8-11(14-9-10)12(17)13-4-7-15-5-2-1-3-6-15/h10-11,14,16H,1-9H2,(H,13,17)/t10-,11-/m0/s1. The number of carbonyl (C=O) groups excluding carboxylic acids is 1. The lowest BCUT2D eigenvalue weighted by Crippen LogP contribution is -2.44. The van der Waals surface area contributed by atoms with E-state index in [1.807, 2.05) is 0 Å². The second kappa shape index (κ2) is 6.33. The van der Waals surface area contributed by atoms with Crippen molar-refractivity contribution in [1.82, 2.24) is 15.5 Å². The molecule has 2 fully saturated rings. The maximum absolute atomic E-state index is 11.7. The van der Waals surface area contributed by atoms with Gasteiger partial charge in [0.25, 0.3) is 0 Å². The van der Waals surface area contributed by atoms with Gasteiger partial charge in [0.15, 0.2) is 0 Å². The molecule has 98 valence electrons. The second-order valence-electron chi connectivity index (χ2n) is 5.04. The Bertz CT molecular complexity index is 254. The van der Waals surface area contributed by atoms with Crippen molar-refractivity contribution in [2.75, 3.05) is 32.7 Å². The largest absolute Gasteiger partial charge is 0.392 e. The van der Waals surface area contributed by atoms with Crippen LogP contribution in [0.25, 0.3) is 0 Å². The first-order chi connectivity index (χ1) is 8.25. The first kappa shape index (κ1) is 12.8. The van der Waals surface area contributed by atoms with E-state index >= 15 is 0 Å². The first-order valence-corrected chi connectivity index (χ1v) is 6.67. The van der Waals surface area contributed by atoms with Gasteiger partial charge in [0.05, 0.1) is 12.1 Å². The first-order valence-electron chi connectivity index (χ1n) is 6.67. The molecule has 2 atom stereocenters. The number of carbonyl (C=O) groups is 1. The fourth-order valence-corrected chi connectivity index (χ4v) is 2.56. The maximum atomic E-state index is 11.7. The van der Waals surface area contributed by atoms with Crippen LogP contribution in [0.5, 0.6) is 0 Å². The molecule has 0 aromatic rings. The number of aliphatic hydroxyl groups is 1. The Morgan fingerprint density at radius 3 is 2.76 bits per heavy atom. The number of piperidine rings is 1. The van der Waals surface area contributed by atoms with Crippen molar-refractivity contribution in [3.05, 3.63) is 0 Å². The van der Waals surface area contributed by atoms with Gasteiger partial charge >= 0.3 is 0 Å². The number of aliphatic hydroxyl groups excluding tert-OH is 1. The molecular formula is C12H23N3O2. The predicted molar refractivity (Wildman–Crippen MR) is 65.7 cm³/mol. The van der Waals surface area contributed by atoms with E-state index in [1.54, 1.807) is 0 Å². The fraction of sp³-hybridized carbons (Fsp3) is 0.917. The highest BCUT2D eigenvalue weighted by molar-refractivity contribution is 5.82. The zero-order chi connectivity index (χ0) is 12.1. The third-order valence-corrected chi connectivity index (χ3v) is 3.60. The van der Waals surface area contributed by atoms with Gasteiger partial charge in [0, 0.05) is 19.6 Å². The van der Waals surface area contributed by atoms with Crippen LogP contribution >= 0.6 is 0 Å². The molecule has 0 unspecified atom stereocenters. The average molecular weight is 241 g/mol. The molecule has 2 aliphatic rings. The van der Waals surface area contributed by atoms with Gasteiger partial charge in [-0.2, -0.15) is 0 Å². The molecule has 1 amide bonds. The summed E-state index contributed by atoms with van der Waals surface area (Å²) in [5, 5.41) is 15.3. The highest BCUT2D eigenvalue weighted by Crippen LogP contribution is 2.08. The van der Waals surface area contributed by atoms with Crippen LogP contribution in [0.2, 0.25) is 0 Å². The van der Waals surface area contributed by atoms with Crippen LogP contribution in [0.4, 0.5) is 0 Å². The van der Waals surface area contributed by atoms with E-state index in [-0.39, 0.29) is 18.1 Å². The van der Waals surface area contributed by atoms with E-state index < -0.39 is 0 Å². The van der Waals surface area contributed by atoms with Crippen molar-refractivity contribution in [1.29, 1.82) is 0 Å². The van der Waals surface area contributed by atoms with Crippen molar-refractivity contribution in [2.24, 2.45) is 0 Å². The molecular weight excluding hydrogens is 218 g/mol. The smallest absolute Gasteiger partial charge is 0.237 e. The average Bonchev–Trinajstić information content (AvgIpc) is 2.77. The molecule has 3 N–H and O–H groups in total. The van der Waals surface area contributed by atoms with Crippen LogP contribution in [-0.2, 0) is 4.79 Å². The maximum Gasteiger partial charge on any atom is 0.237 e. The van der Waals surface area contributed by atoms with Gasteiger partial charge in [0.1, 0.15) is 0 Å². The van der Waals surface area contributed by atoms with E-state index in [4.69, 9.17) is 0 Å². The second-order valence-corrected chi connectivity index (χ2v) is 5.04. The Kier molecular flexibility index (Phi) is 4.76. The molecule has 5 nitrogen and oxygen atoms in total. The van der Waals surface area contributed by atoms with Crippen LogP contribution < -0.4 is 10.6 Å². The van der Waals surface area contributed by atoms with Crippen LogP contribution in [0.15, 0.2) is 0 Å². The SMILES string of the molecule is O=C(NCCN1CCCCC1)[C@@H]1C[C@H](O)CN1. The molecule has 0 aliphatic carbocycles. The summed E-state index contributed by atoms with van der Waals surface area (Å²) in [4.78, 5) is 14.1. The van der Waals surface area contributed by atoms with Crippen LogP contribution in [0.3, 0.4) is 0 Å². The highest BCUT2D eigenvalue weighted by atomic mass is 16.3. The quantitative estimate of drug-likeness (QED) is 0.610. The Labute approximate surface area is 103 Å². The van der Waals surface area contributed by atoms with E-state index in [9.17, 15) is 9.90 Å². The number of likely N-dealkylation sites (tertiary alicyclic amines) is 1. The molecule has 0 bridgehead atoms. The number of β-amino-alcohol motifs (C(OH)–C–C–N with tert-alkyl or cyclic N) is 1. The van der Waals surface area contributed by atoms with Crippen molar-refractivity contribution in [3.63, 3.8) is 0 Å². The minimum Gasteiger partial charge on any atom is -0.392 e. The molecule has 5 heteroatoms. The third kappa shape index (κ3) is 3.94. The lowest BCUT2D eigenvalue weighted by Gasteiger charge is -2.26. The highest BCUT2D eigenvalue weighted by Gasteiger charge is 2.27. The summed E-state index contributed by atoms with van der Waals surface area (Å²) in [6.07, 6.45) is 4.07. The van der Waals surface area contributed by atoms with Gasteiger partial charge in [-0.05, 0) is 32.4 Å². The van der Waals surface area contributed by atoms with E-state index in [0.717, 1.165) is 19.6 Å². The molecule has 2 aliphatic heterocycles. The predicted octanol–water partition coefficient (Wildman–Crippen LogP) is -0.689. The Balaban J connectivity index is 1.59. The molecule has 0 radical (unpaired) electrons. The summed E-state index contributed by atoms with van der Waals surface area (Å²) in [7, 11) is 0. The summed E-state index contributed by atoms with van der Waals surface area (Å²) >= 11 is 0. The van der Waals surface area contributed by atoms with E-state index in [0.29, 0.717) is 19.5 Å². The van der Waals surface area contributed by atoms with Gasteiger partial charge in [-0.15, -0.1) is 0 Å². The fourth-order valence-electron chi connectivity index (χ4n) is 2.56. The van der Waals surface area contributed by atoms with Gasteiger partial charge in [-0.25, -0.2) is 0 Å². The van der Waals surface area contributed by atoms with Gasteiger partial charge in [-0.3, -0.25) is 4.79 Å². The third-order valence-electron chi connectivity index (χ3n) is 3.60. The van der Waals surface area contributed by atoms with Crippen molar-refractivity contribution < 1.29 is 9.90 Å². The zero-order valence-corrected chi connectivity index (χ0v) is 10.3. The van der Waals surface area contributed by atoms with Crippen LogP contribution in [0.1, 0.15) is 25.7 Å². The normalized spacial score (nSPS) is 30.4. The van der Waals surface area contributed by atoms with Crippen LogP contribution in [0, 0.1) is 0 Å². The van der Waals surface area contributed by atoms with E-state index in [1.165, 1.54) is 19.3 Å². The summed E-state index contributed by atoms with van der Waals surface area (Å²) in [6, 6.07) is -0.202. The van der Waals surface area contributed by atoms with Gasteiger partial charge in [0.2, 0.25) is 5.91 Å². The van der Waals surface area contributed by atoms with Crippen LogP contribution in [-0.4, -0.2) is 60.8 Å². The number of nitrogens with one attached hydrogen (secondary N) is 2. The van der Waals surface area contributed by atoms with E-state index in [2.05, 4.69) is 15.5 Å². The Hall–Kier alpha value is -0.650. The van der Waals surface area contributed by atoms with Crippen molar-refractivity contribution in [2.45, 2.75) is 37.8 Å². The summed E-state index contributed by atoms with van der Waals surface area (Å²) in [5.41, 5.74) is 0. The topological polar surface area (TPSA) is 64.6 Å². The lowest BCUT2D eigenvalue weighted by atomic mass is 10.1. The number of hydrogen-bond acceptors (Lipinski definition) is 4. The molecule has 2 heterocycles. The minimum absolute atomic E-state index is 0.0264. The van der Waals surface area contributed by atoms with Crippen molar-refractivity contribution in [3.8, 4) is 0 Å². The van der Waals surface area contributed by atoms with Gasteiger partial charge in [-0.1, -0.05) is 6.42 Å². The van der Waals surface area contributed by atoms with Crippen molar-refractivity contribution >= 4 is 5.91 Å². The molecule has 17 heavy (non-hydrogen) atoms. The summed E-state index contributed by atoms with van der Waals surface area (Å²) in [5.74, 6) is 0.0264. The molecule has 0 aromatic heterocycles. The number of rotatable bonds is 4. The summed E-state index contributed by atoms with van der Waals surface area (Å²) < 4.78 is 0. The Morgan fingerprint density at radius 2 is 2.12 bits per heavy atom. The minimum atomic E-state index is -0.368. The number of hydrogen-bond donors (Lipinski definition) is 3. The number of nitrogens with zero attached hydrogens (tertiary/aromatic N) is 1. The lowest BCUT2D eigenvalue weighted by molar-refractivity contribution is -0.123. The van der Waals surface area contributed by atoms with Gasteiger partial charge < -0.3 is 20.6 Å². The Morgan fingerprint density at radius 1 is 1.35 bits per heavy atom. The molecule has 0 saturated carbocycles. The molecule has 0 aromatic carbocycles. The zero-order valence-electron chi connectivity index (χ0n) is 10.3. The monoisotopic (exact) mass is 241 g/mol. The molecule has 2 saturated heterocycles. The molecule has 2 rings (SSSR count). The summed E-state index contributed by atoms with van der Waals surface area (Å²) in [6.45, 7) is 4.52.